The van der Waals surface area contributed by atoms with Gasteiger partial charge in [-0.25, -0.2) is 0 Å². The SMILES string of the molecule is CCN(CC)CCOc1ccccc1CNC(=O)CC1CCCN1. The number of hydrogen-bond donors (Lipinski definition) is 2. The first-order valence-corrected chi connectivity index (χ1v) is 9.16. The van der Waals surface area contributed by atoms with Crippen LogP contribution < -0.4 is 15.4 Å². The van der Waals surface area contributed by atoms with Crippen molar-refractivity contribution in [3.63, 3.8) is 0 Å². The number of benzene rings is 1. The van der Waals surface area contributed by atoms with Crippen LogP contribution in [-0.4, -0.2) is 49.6 Å². The zero-order valence-electron chi connectivity index (χ0n) is 15.0. The van der Waals surface area contributed by atoms with Gasteiger partial charge in [-0.1, -0.05) is 32.0 Å². The predicted molar refractivity (Wildman–Crippen MR) is 97.2 cm³/mol. The molecule has 1 aliphatic rings. The van der Waals surface area contributed by atoms with Crippen LogP contribution in [0.3, 0.4) is 0 Å². The molecule has 5 nitrogen and oxygen atoms in total. The summed E-state index contributed by atoms with van der Waals surface area (Å²) < 4.78 is 5.93. The fourth-order valence-corrected chi connectivity index (χ4v) is 3.04. The molecule has 0 bridgehead atoms. The Hall–Kier alpha value is -1.59. The maximum atomic E-state index is 12.1. The van der Waals surface area contributed by atoms with Gasteiger partial charge in [0.05, 0.1) is 0 Å². The minimum Gasteiger partial charge on any atom is -0.492 e. The molecule has 1 aromatic carbocycles. The number of amides is 1. The van der Waals surface area contributed by atoms with Crippen molar-refractivity contribution in [1.29, 1.82) is 0 Å². The molecule has 134 valence electrons. The fraction of sp³-hybridized carbons (Fsp3) is 0.632. The summed E-state index contributed by atoms with van der Waals surface area (Å²) in [4.78, 5) is 14.4. The molecule has 0 aliphatic carbocycles. The Morgan fingerprint density at radius 3 is 2.83 bits per heavy atom. The Kier molecular flexibility index (Phi) is 8.05. The molecule has 1 saturated heterocycles. The van der Waals surface area contributed by atoms with Crippen LogP contribution in [0.1, 0.15) is 38.7 Å². The number of hydrogen-bond acceptors (Lipinski definition) is 4. The Balaban J connectivity index is 1.78. The first-order chi connectivity index (χ1) is 11.7. The van der Waals surface area contributed by atoms with Crippen molar-refractivity contribution < 1.29 is 9.53 Å². The number of carbonyl (C=O) groups excluding carboxylic acids is 1. The van der Waals surface area contributed by atoms with Crippen LogP contribution in [0.15, 0.2) is 24.3 Å². The van der Waals surface area contributed by atoms with Gasteiger partial charge in [-0.3, -0.25) is 4.79 Å². The molecule has 2 rings (SSSR count). The lowest BCUT2D eigenvalue weighted by Crippen LogP contribution is -2.31. The van der Waals surface area contributed by atoms with Crippen molar-refractivity contribution in [2.45, 2.75) is 45.7 Å². The van der Waals surface area contributed by atoms with Crippen molar-refractivity contribution in [3.05, 3.63) is 29.8 Å². The quantitative estimate of drug-likeness (QED) is 0.689. The van der Waals surface area contributed by atoms with Crippen molar-refractivity contribution >= 4 is 5.91 Å². The summed E-state index contributed by atoms with van der Waals surface area (Å²) >= 11 is 0. The highest BCUT2D eigenvalue weighted by atomic mass is 16.5. The van der Waals surface area contributed by atoms with E-state index in [1.807, 2.05) is 24.3 Å². The Morgan fingerprint density at radius 2 is 2.12 bits per heavy atom. The molecule has 1 atom stereocenters. The summed E-state index contributed by atoms with van der Waals surface area (Å²) in [6.07, 6.45) is 2.82. The van der Waals surface area contributed by atoms with Crippen LogP contribution in [0.25, 0.3) is 0 Å². The van der Waals surface area contributed by atoms with Crippen LogP contribution in [-0.2, 0) is 11.3 Å². The van der Waals surface area contributed by atoms with Gasteiger partial charge in [0.15, 0.2) is 0 Å². The molecule has 1 aliphatic heterocycles. The van der Waals surface area contributed by atoms with E-state index in [1.165, 1.54) is 6.42 Å². The number of likely N-dealkylation sites (N-methyl/N-ethyl adjacent to an activating group) is 1. The standard InChI is InChI=1S/C19H31N3O2/c1-3-22(4-2)12-13-24-18-10-6-5-8-16(18)15-21-19(23)14-17-9-7-11-20-17/h5-6,8,10,17,20H,3-4,7,9,11-15H2,1-2H3,(H,21,23). The highest BCUT2D eigenvalue weighted by Gasteiger charge is 2.17. The van der Waals surface area contributed by atoms with Crippen molar-refractivity contribution in [2.24, 2.45) is 0 Å². The van der Waals surface area contributed by atoms with Crippen LogP contribution in [0.2, 0.25) is 0 Å². The smallest absolute Gasteiger partial charge is 0.221 e. The van der Waals surface area contributed by atoms with Gasteiger partial charge in [0, 0.05) is 31.1 Å². The first kappa shape index (κ1) is 18.7. The number of nitrogens with one attached hydrogen (secondary N) is 2. The number of rotatable bonds is 10. The van der Waals surface area contributed by atoms with E-state index in [0.717, 1.165) is 43.9 Å². The molecule has 1 fully saturated rings. The van der Waals surface area contributed by atoms with E-state index in [4.69, 9.17) is 4.74 Å². The zero-order valence-corrected chi connectivity index (χ0v) is 15.0. The average molecular weight is 333 g/mol. The summed E-state index contributed by atoms with van der Waals surface area (Å²) in [5.74, 6) is 0.969. The van der Waals surface area contributed by atoms with E-state index in [2.05, 4.69) is 29.4 Å². The highest BCUT2D eigenvalue weighted by Crippen LogP contribution is 2.18. The largest absolute Gasteiger partial charge is 0.492 e. The molecule has 24 heavy (non-hydrogen) atoms. The molecular weight excluding hydrogens is 302 g/mol. The number of ether oxygens (including phenoxy) is 1. The maximum Gasteiger partial charge on any atom is 0.221 e. The van der Waals surface area contributed by atoms with Gasteiger partial charge in [-0.05, 0) is 38.5 Å². The second kappa shape index (κ2) is 10.3. The molecule has 0 radical (unpaired) electrons. The van der Waals surface area contributed by atoms with Crippen LogP contribution in [0.5, 0.6) is 5.75 Å². The number of para-hydroxylation sites is 1. The van der Waals surface area contributed by atoms with Gasteiger partial charge < -0.3 is 20.3 Å². The number of carbonyl (C=O) groups is 1. The average Bonchev–Trinajstić information content (AvgIpc) is 3.10. The topological polar surface area (TPSA) is 53.6 Å². The van der Waals surface area contributed by atoms with Gasteiger partial charge in [-0.15, -0.1) is 0 Å². The van der Waals surface area contributed by atoms with Gasteiger partial charge in [0.2, 0.25) is 5.91 Å². The lowest BCUT2D eigenvalue weighted by Gasteiger charge is -2.19. The Labute approximate surface area is 145 Å². The van der Waals surface area contributed by atoms with Crippen molar-refractivity contribution in [2.75, 3.05) is 32.8 Å². The van der Waals surface area contributed by atoms with E-state index >= 15 is 0 Å². The van der Waals surface area contributed by atoms with Crippen LogP contribution in [0.4, 0.5) is 0 Å². The number of nitrogens with zero attached hydrogens (tertiary/aromatic N) is 1. The van der Waals surface area contributed by atoms with Gasteiger partial charge in [0.25, 0.3) is 0 Å². The van der Waals surface area contributed by atoms with Gasteiger partial charge in [-0.2, -0.15) is 0 Å². The third-order valence-electron chi connectivity index (χ3n) is 4.60. The first-order valence-electron chi connectivity index (χ1n) is 9.16. The molecule has 1 unspecified atom stereocenters. The van der Waals surface area contributed by atoms with E-state index in [-0.39, 0.29) is 5.91 Å². The predicted octanol–water partition coefficient (Wildman–Crippen LogP) is 2.17. The lowest BCUT2D eigenvalue weighted by atomic mass is 10.1. The van der Waals surface area contributed by atoms with E-state index < -0.39 is 0 Å². The second-order valence-electron chi connectivity index (χ2n) is 6.26. The third-order valence-corrected chi connectivity index (χ3v) is 4.60. The minimum absolute atomic E-state index is 0.104. The molecular formula is C19H31N3O2. The normalized spacial score (nSPS) is 17.2. The van der Waals surface area contributed by atoms with Crippen LogP contribution >= 0.6 is 0 Å². The van der Waals surface area contributed by atoms with Gasteiger partial charge >= 0.3 is 0 Å². The molecule has 0 saturated carbocycles. The summed E-state index contributed by atoms with van der Waals surface area (Å²) in [7, 11) is 0. The third kappa shape index (κ3) is 6.13. The van der Waals surface area contributed by atoms with Crippen molar-refractivity contribution in [1.82, 2.24) is 15.5 Å². The molecule has 1 heterocycles. The van der Waals surface area contributed by atoms with Crippen molar-refractivity contribution in [3.8, 4) is 5.75 Å². The minimum atomic E-state index is 0.104. The Morgan fingerprint density at radius 1 is 1.33 bits per heavy atom. The van der Waals surface area contributed by atoms with Crippen LogP contribution in [0, 0.1) is 0 Å². The van der Waals surface area contributed by atoms with E-state index in [1.54, 1.807) is 0 Å². The fourth-order valence-electron chi connectivity index (χ4n) is 3.04. The molecule has 5 heteroatoms. The monoisotopic (exact) mass is 333 g/mol. The summed E-state index contributed by atoms with van der Waals surface area (Å²) in [5.41, 5.74) is 1.03. The highest BCUT2D eigenvalue weighted by molar-refractivity contribution is 5.76. The maximum absolute atomic E-state index is 12.1. The molecule has 2 N–H and O–H groups in total. The molecule has 1 aromatic rings. The molecule has 0 spiro atoms. The Bertz CT molecular complexity index is 497. The van der Waals surface area contributed by atoms with Gasteiger partial charge in [0.1, 0.15) is 12.4 Å². The molecule has 1 amide bonds. The second-order valence-corrected chi connectivity index (χ2v) is 6.26. The summed E-state index contributed by atoms with van der Waals surface area (Å²) in [5, 5.41) is 6.37. The summed E-state index contributed by atoms with van der Waals surface area (Å²) in [6, 6.07) is 8.28. The zero-order chi connectivity index (χ0) is 17.2. The lowest BCUT2D eigenvalue weighted by molar-refractivity contribution is -0.121. The summed E-state index contributed by atoms with van der Waals surface area (Å²) in [6.45, 7) is 9.52. The van der Waals surface area contributed by atoms with E-state index in [0.29, 0.717) is 25.6 Å². The molecule has 0 aromatic heterocycles. The van der Waals surface area contributed by atoms with E-state index in [9.17, 15) is 4.79 Å².